The monoisotopic (exact) mass is 179 g/mol. The molecule has 0 aromatic rings. The van der Waals surface area contributed by atoms with E-state index in [2.05, 4.69) is 5.32 Å². The summed E-state index contributed by atoms with van der Waals surface area (Å²) in [6, 6.07) is 0. The normalized spacial score (nSPS) is 10.7. The zero-order valence-electron chi connectivity index (χ0n) is 4.82. The van der Waals surface area contributed by atoms with Gasteiger partial charge in [0.25, 0.3) is 0 Å². The molecule has 0 aliphatic heterocycles. The molecule has 10 heavy (non-hydrogen) atoms. The fraction of sp³-hybridized carbons (Fsp3) is 1.00. The second kappa shape index (κ2) is 6.76. The number of hydrogen-bond donors (Lipinski definition) is 4. The zero-order valence-corrected chi connectivity index (χ0v) is 5.71. The summed E-state index contributed by atoms with van der Waals surface area (Å²) in [4.78, 5) is 16.4. The standard InChI is InChI=1S/C3H10NO4P.Na.H/c5-2-1-4-3-9(6,7)8;;/h4-5H,1-3H2,(H2,6,7,8);;. The third kappa shape index (κ3) is 11.8. The van der Waals surface area contributed by atoms with Gasteiger partial charge in [-0.05, 0) is 0 Å². The van der Waals surface area contributed by atoms with Gasteiger partial charge in [-0.2, -0.15) is 0 Å². The Morgan fingerprint density at radius 3 is 2.20 bits per heavy atom. The summed E-state index contributed by atoms with van der Waals surface area (Å²) in [7, 11) is -3.92. The Morgan fingerprint density at radius 2 is 1.90 bits per heavy atom. The van der Waals surface area contributed by atoms with Crippen molar-refractivity contribution in [1.29, 1.82) is 0 Å². The Morgan fingerprint density at radius 1 is 1.40 bits per heavy atom. The summed E-state index contributed by atoms with van der Waals surface area (Å²) >= 11 is 0. The molecule has 4 N–H and O–H groups in total. The van der Waals surface area contributed by atoms with Gasteiger partial charge < -0.3 is 20.2 Å². The van der Waals surface area contributed by atoms with Crippen LogP contribution in [0.25, 0.3) is 0 Å². The molecule has 0 fully saturated rings. The molecule has 0 saturated heterocycles. The van der Waals surface area contributed by atoms with Crippen molar-refractivity contribution in [2.45, 2.75) is 0 Å². The predicted molar refractivity (Wildman–Crippen MR) is 39.1 cm³/mol. The van der Waals surface area contributed by atoms with E-state index in [0.717, 1.165) is 0 Å². The van der Waals surface area contributed by atoms with E-state index in [0.29, 0.717) is 0 Å². The molecule has 0 atom stereocenters. The fourth-order valence-electron chi connectivity index (χ4n) is 0.304. The minimum absolute atomic E-state index is 0. The van der Waals surface area contributed by atoms with Crippen LogP contribution in [0.5, 0.6) is 0 Å². The van der Waals surface area contributed by atoms with Crippen LogP contribution in [-0.2, 0) is 4.57 Å². The van der Waals surface area contributed by atoms with Crippen molar-refractivity contribution in [1.82, 2.24) is 5.32 Å². The average molecular weight is 179 g/mol. The Bertz CT molecular complexity index is 115. The van der Waals surface area contributed by atoms with Crippen LogP contribution in [0.2, 0.25) is 0 Å². The van der Waals surface area contributed by atoms with Gasteiger partial charge in [0.15, 0.2) is 0 Å². The van der Waals surface area contributed by atoms with Gasteiger partial charge in [-0.25, -0.2) is 0 Å². The summed E-state index contributed by atoms with van der Waals surface area (Å²) in [5.74, 6) is 0. The third-order valence-electron chi connectivity index (χ3n) is 0.606. The fourth-order valence-corrected chi connectivity index (χ4v) is 0.753. The van der Waals surface area contributed by atoms with E-state index < -0.39 is 7.60 Å². The topological polar surface area (TPSA) is 89.8 Å². The SMILES string of the molecule is O=P(O)(O)CNCCO.[NaH]. The first-order valence-electron chi connectivity index (χ1n) is 2.42. The van der Waals surface area contributed by atoms with Crippen LogP contribution in [0, 0.1) is 0 Å². The van der Waals surface area contributed by atoms with Crippen LogP contribution in [-0.4, -0.2) is 63.9 Å². The maximum atomic E-state index is 10.1. The number of hydrogen-bond acceptors (Lipinski definition) is 3. The van der Waals surface area contributed by atoms with Crippen LogP contribution >= 0.6 is 7.60 Å². The summed E-state index contributed by atoms with van der Waals surface area (Å²) in [5.41, 5.74) is 0. The van der Waals surface area contributed by atoms with Crippen LogP contribution in [0.3, 0.4) is 0 Å². The number of rotatable bonds is 4. The Kier molecular flexibility index (Phi) is 9.22. The van der Waals surface area contributed by atoms with Crippen molar-refractivity contribution in [3.8, 4) is 0 Å². The van der Waals surface area contributed by atoms with Gasteiger partial charge in [0.05, 0.1) is 12.9 Å². The molecule has 0 unspecified atom stereocenters. The van der Waals surface area contributed by atoms with E-state index in [1.54, 1.807) is 0 Å². The van der Waals surface area contributed by atoms with E-state index in [1.807, 2.05) is 0 Å². The summed E-state index contributed by atoms with van der Waals surface area (Å²) < 4.78 is 10.1. The molecule has 7 heteroatoms. The molecular weight excluding hydrogens is 168 g/mol. The van der Waals surface area contributed by atoms with Gasteiger partial charge in [0.2, 0.25) is 0 Å². The average Bonchev–Trinajstić information content (AvgIpc) is 1.63. The molecule has 0 radical (unpaired) electrons. The van der Waals surface area contributed by atoms with Crippen molar-refractivity contribution < 1.29 is 19.5 Å². The number of aliphatic hydroxyl groups is 1. The molecule has 0 saturated carbocycles. The maximum absolute atomic E-state index is 10.1. The first-order valence-corrected chi connectivity index (χ1v) is 4.22. The van der Waals surface area contributed by atoms with E-state index in [9.17, 15) is 4.57 Å². The molecule has 58 valence electrons. The predicted octanol–water partition coefficient (Wildman–Crippen LogP) is -1.95. The summed E-state index contributed by atoms with van der Waals surface area (Å²) in [6.45, 7) is 0.102. The van der Waals surface area contributed by atoms with E-state index >= 15 is 0 Å². The molecule has 0 bridgehead atoms. The van der Waals surface area contributed by atoms with Gasteiger partial charge in [0, 0.05) is 6.54 Å². The first kappa shape index (κ1) is 13.6. The van der Waals surface area contributed by atoms with Gasteiger partial charge in [-0.3, -0.25) is 4.57 Å². The van der Waals surface area contributed by atoms with Gasteiger partial charge in [-0.15, -0.1) is 0 Å². The molecule has 0 aliphatic carbocycles. The van der Waals surface area contributed by atoms with Crippen molar-refractivity contribution >= 4 is 37.2 Å². The zero-order chi connectivity index (χ0) is 7.33. The van der Waals surface area contributed by atoms with Crippen LogP contribution in [0.4, 0.5) is 0 Å². The summed E-state index contributed by atoms with van der Waals surface area (Å²) in [5, 5.41) is 10.5. The Labute approximate surface area is 81.3 Å². The number of nitrogens with one attached hydrogen (secondary N) is 1. The molecule has 0 spiro atoms. The van der Waals surface area contributed by atoms with E-state index in [1.165, 1.54) is 0 Å². The third-order valence-corrected chi connectivity index (χ3v) is 1.24. The molecule has 0 aromatic heterocycles. The second-order valence-corrected chi connectivity index (χ2v) is 3.19. The Balaban J connectivity index is 0. The van der Waals surface area contributed by atoms with E-state index in [-0.39, 0.29) is 49.0 Å². The van der Waals surface area contributed by atoms with Gasteiger partial charge in [-0.1, -0.05) is 0 Å². The van der Waals surface area contributed by atoms with Crippen LogP contribution in [0.1, 0.15) is 0 Å². The second-order valence-electron chi connectivity index (χ2n) is 1.55. The van der Waals surface area contributed by atoms with Crippen LogP contribution in [0.15, 0.2) is 0 Å². The van der Waals surface area contributed by atoms with E-state index in [4.69, 9.17) is 14.9 Å². The minimum atomic E-state index is -3.92. The molecule has 0 aliphatic rings. The number of aliphatic hydroxyl groups excluding tert-OH is 1. The van der Waals surface area contributed by atoms with Gasteiger partial charge >= 0.3 is 37.2 Å². The molecular formula is C3H11NNaO4P. The molecule has 0 heterocycles. The summed E-state index contributed by atoms with van der Waals surface area (Å²) in [6.07, 6.45) is -0.367. The molecule has 0 aromatic carbocycles. The molecule has 0 rings (SSSR count). The first-order chi connectivity index (χ1) is 4.06. The quantitative estimate of drug-likeness (QED) is 0.229. The molecule has 0 amide bonds. The van der Waals surface area contributed by atoms with Crippen molar-refractivity contribution in [2.75, 3.05) is 19.4 Å². The van der Waals surface area contributed by atoms with Crippen LogP contribution < -0.4 is 5.32 Å². The van der Waals surface area contributed by atoms with Crippen molar-refractivity contribution in [3.63, 3.8) is 0 Å². The van der Waals surface area contributed by atoms with Gasteiger partial charge in [0.1, 0.15) is 0 Å². The van der Waals surface area contributed by atoms with Crippen molar-refractivity contribution in [3.05, 3.63) is 0 Å². The van der Waals surface area contributed by atoms with Crippen molar-refractivity contribution in [2.24, 2.45) is 0 Å². The molecule has 5 nitrogen and oxygen atoms in total. The Hall–Kier alpha value is 1.07.